The fraction of sp³-hybridized carbons (Fsp3) is 0.391. The van der Waals surface area contributed by atoms with E-state index in [1.165, 1.54) is 0 Å². The Labute approximate surface area is 193 Å². The molecule has 0 saturated heterocycles. The molecule has 7 heteroatoms. The Hall–Kier alpha value is -1.75. The van der Waals surface area contributed by atoms with Crippen LogP contribution in [0.4, 0.5) is 0 Å². The number of unbranched alkanes of at least 4 members (excludes halogenated alkanes) is 1. The van der Waals surface area contributed by atoms with Crippen molar-refractivity contribution in [2.24, 2.45) is 0 Å². The standard InChI is InChI=1S/C23H27Cl3N2O2/c1-3-5-11-27-23(30)21(4-2)28(15-17-9-10-19(25)14-20(17)26)22(29)13-16-7-6-8-18(24)12-16/h6-10,12,14,21H,3-5,11,13,15H2,1-2H3,(H,27,30)/t21-/m0/s1. The molecule has 2 aromatic carbocycles. The smallest absolute Gasteiger partial charge is 0.242 e. The van der Waals surface area contributed by atoms with Gasteiger partial charge in [0, 0.05) is 28.2 Å². The second-order valence-corrected chi connectivity index (χ2v) is 8.41. The van der Waals surface area contributed by atoms with E-state index in [1.54, 1.807) is 41.3 Å². The van der Waals surface area contributed by atoms with Crippen molar-refractivity contribution in [1.82, 2.24) is 10.2 Å². The lowest BCUT2D eigenvalue weighted by Gasteiger charge is -2.31. The predicted octanol–water partition coefficient (Wildman–Crippen LogP) is 5.91. The molecule has 0 bridgehead atoms. The molecule has 2 aromatic rings. The molecule has 0 radical (unpaired) electrons. The van der Waals surface area contributed by atoms with Crippen molar-refractivity contribution in [3.63, 3.8) is 0 Å². The zero-order valence-electron chi connectivity index (χ0n) is 17.3. The van der Waals surface area contributed by atoms with E-state index in [1.807, 2.05) is 13.0 Å². The number of rotatable bonds is 10. The van der Waals surface area contributed by atoms with Crippen molar-refractivity contribution in [1.29, 1.82) is 0 Å². The average Bonchev–Trinajstić information content (AvgIpc) is 2.69. The summed E-state index contributed by atoms with van der Waals surface area (Å²) < 4.78 is 0. The average molecular weight is 470 g/mol. The van der Waals surface area contributed by atoms with Gasteiger partial charge in [0.1, 0.15) is 6.04 Å². The van der Waals surface area contributed by atoms with Gasteiger partial charge in [-0.25, -0.2) is 0 Å². The van der Waals surface area contributed by atoms with E-state index in [0.717, 1.165) is 24.0 Å². The van der Waals surface area contributed by atoms with Crippen LogP contribution in [0.1, 0.15) is 44.2 Å². The van der Waals surface area contributed by atoms with E-state index in [-0.39, 0.29) is 24.8 Å². The third-order valence-electron chi connectivity index (χ3n) is 4.82. The second-order valence-electron chi connectivity index (χ2n) is 7.13. The lowest BCUT2D eigenvalue weighted by atomic mass is 10.1. The van der Waals surface area contributed by atoms with Crippen LogP contribution in [0.2, 0.25) is 15.1 Å². The SMILES string of the molecule is CCCCNC(=O)[C@H](CC)N(Cc1ccc(Cl)cc1Cl)C(=O)Cc1cccc(Cl)c1. The van der Waals surface area contributed by atoms with Gasteiger partial charge in [-0.05, 0) is 48.2 Å². The topological polar surface area (TPSA) is 49.4 Å². The Morgan fingerprint density at radius 3 is 2.40 bits per heavy atom. The van der Waals surface area contributed by atoms with Gasteiger partial charge in [0.2, 0.25) is 11.8 Å². The third kappa shape index (κ3) is 7.19. The number of hydrogen-bond acceptors (Lipinski definition) is 2. The Morgan fingerprint density at radius 1 is 1.03 bits per heavy atom. The molecule has 2 amide bonds. The summed E-state index contributed by atoms with van der Waals surface area (Å²) >= 11 is 18.4. The number of nitrogens with zero attached hydrogens (tertiary/aromatic N) is 1. The van der Waals surface area contributed by atoms with Crippen LogP contribution in [-0.4, -0.2) is 29.3 Å². The van der Waals surface area contributed by atoms with Gasteiger partial charge in [-0.3, -0.25) is 9.59 Å². The minimum absolute atomic E-state index is 0.143. The molecule has 4 nitrogen and oxygen atoms in total. The Kier molecular flexibility index (Phi) is 9.96. The van der Waals surface area contributed by atoms with Crippen LogP contribution in [0.3, 0.4) is 0 Å². The third-order valence-corrected chi connectivity index (χ3v) is 5.64. The monoisotopic (exact) mass is 468 g/mol. The van der Waals surface area contributed by atoms with Gasteiger partial charge in [-0.2, -0.15) is 0 Å². The zero-order chi connectivity index (χ0) is 22.1. The summed E-state index contributed by atoms with van der Waals surface area (Å²) in [5.41, 5.74) is 1.53. The van der Waals surface area contributed by atoms with Crippen LogP contribution in [0, 0.1) is 0 Å². The number of halogens is 3. The lowest BCUT2D eigenvalue weighted by molar-refractivity contribution is -0.140. The highest BCUT2D eigenvalue weighted by atomic mass is 35.5. The first-order valence-corrected chi connectivity index (χ1v) is 11.2. The summed E-state index contributed by atoms with van der Waals surface area (Å²) in [5, 5.41) is 4.49. The van der Waals surface area contributed by atoms with Crippen molar-refractivity contribution in [2.45, 2.75) is 52.1 Å². The summed E-state index contributed by atoms with van der Waals surface area (Å²) in [5.74, 6) is -0.323. The molecule has 30 heavy (non-hydrogen) atoms. The quantitative estimate of drug-likeness (QED) is 0.440. The molecule has 1 atom stereocenters. The molecule has 0 saturated carbocycles. The van der Waals surface area contributed by atoms with E-state index < -0.39 is 6.04 Å². The first-order chi connectivity index (χ1) is 14.3. The van der Waals surface area contributed by atoms with Crippen molar-refractivity contribution in [2.75, 3.05) is 6.54 Å². The molecule has 0 aliphatic carbocycles. The van der Waals surface area contributed by atoms with Crippen molar-refractivity contribution >= 4 is 46.6 Å². The predicted molar refractivity (Wildman–Crippen MR) is 124 cm³/mol. The van der Waals surface area contributed by atoms with E-state index in [0.29, 0.717) is 28.0 Å². The van der Waals surface area contributed by atoms with Crippen LogP contribution >= 0.6 is 34.8 Å². The summed E-state index contributed by atoms with van der Waals surface area (Å²) in [7, 11) is 0. The molecule has 162 valence electrons. The maximum atomic E-state index is 13.3. The maximum absolute atomic E-state index is 13.3. The number of nitrogens with one attached hydrogen (secondary N) is 1. The van der Waals surface area contributed by atoms with Crippen LogP contribution in [0.25, 0.3) is 0 Å². The Balaban J connectivity index is 2.29. The first kappa shape index (κ1) is 24.5. The van der Waals surface area contributed by atoms with Gasteiger partial charge < -0.3 is 10.2 Å². The molecule has 0 heterocycles. The molecule has 0 aliphatic heterocycles. The summed E-state index contributed by atoms with van der Waals surface area (Å²) in [6.07, 6.45) is 2.51. The van der Waals surface area contributed by atoms with Crippen LogP contribution in [0.5, 0.6) is 0 Å². The second kappa shape index (κ2) is 12.2. The first-order valence-electron chi connectivity index (χ1n) is 10.1. The van der Waals surface area contributed by atoms with E-state index in [9.17, 15) is 9.59 Å². The van der Waals surface area contributed by atoms with Gasteiger partial charge in [-0.1, -0.05) is 73.3 Å². The van der Waals surface area contributed by atoms with Gasteiger partial charge in [-0.15, -0.1) is 0 Å². The molecule has 0 unspecified atom stereocenters. The van der Waals surface area contributed by atoms with Crippen molar-refractivity contribution in [3.05, 3.63) is 68.7 Å². The summed E-state index contributed by atoms with van der Waals surface area (Å²) in [6, 6.07) is 11.7. The molecule has 0 fully saturated rings. The Bertz CT molecular complexity index is 873. The van der Waals surface area contributed by atoms with E-state index >= 15 is 0 Å². The maximum Gasteiger partial charge on any atom is 0.242 e. The highest BCUT2D eigenvalue weighted by Crippen LogP contribution is 2.24. The van der Waals surface area contributed by atoms with Crippen LogP contribution in [-0.2, 0) is 22.6 Å². The number of hydrogen-bond donors (Lipinski definition) is 1. The molecule has 0 aliphatic rings. The normalized spacial score (nSPS) is 11.8. The molecular weight excluding hydrogens is 443 g/mol. The van der Waals surface area contributed by atoms with Gasteiger partial charge >= 0.3 is 0 Å². The molecular formula is C23H27Cl3N2O2. The molecule has 2 rings (SSSR count). The Morgan fingerprint density at radius 2 is 1.77 bits per heavy atom. The highest BCUT2D eigenvalue weighted by Gasteiger charge is 2.29. The van der Waals surface area contributed by atoms with Crippen LogP contribution in [0.15, 0.2) is 42.5 Å². The summed E-state index contributed by atoms with van der Waals surface area (Å²) in [4.78, 5) is 27.7. The van der Waals surface area contributed by atoms with Gasteiger partial charge in [0.15, 0.2) is 0 Å². The fourth-order valence-electron chi connectivity index (χ4n) is 3.18. The van der Waals surface area contributed by atoms with E-state index in [2.05, 4.69) is 12.2 Å². The van der Waals surface area contributed by atoms with Crippen molar-refractivity contribution < 1.29 is 9.59 Å². The van der Waals surface area contributed by atoms with Crippen molar-refractivity contribution in [3.8, 4) is 0 Å². The minimum Gasteiger partial charge on any atom is -0.354 e. The lowest BCUT2D eigenvalue weighted by Crippen LogP contribution is -2.49. The molecule has 1 N–H and O–H groups in total. The highest BCUT2D eigenvalue weighted by molar-refractivity contribution is 6.35. The number of carbonyl (C=O) groups excluding carboxylic acids is 2. The molecule has 0 spiro atoms. The van der Waals surface area contributed by atoms with Crippen LogP contribution < -0.4 is 5.32 Å². The zero-order valence-corrected chi connectivity index (χ0v) is 19.5. The minimum atomic E-state index is -0.597. The number of carbonyl (C=O) groups is 2. The largest absolute Gasteiger partial charge is 0.354 e. The molecule has 0 aromatic heterocycles. The fourth-order valence-corrected chi connectivity index (χ4v) is 3.86. The van der Waals surface area contributed by atoms with E-state index in [4.69, 9.17) is 34.8 Å². The van der Waals surface area contributed by atoms with Gasteiger partial charge in [0.05, 0.1) is 6.42 Å². The number of amides is 2. The van der Waals surface area contributed by atoms with Gasteiger partial charge in [0.25, 0.3) is 0 Å². The number of benzene rings is 2. The summed E-state index contributed by atoms with van der Waals surface area (Å²) in [6.45, 7) is 4.76.